The van der Waals surface area contributed by atoms with Gasteiger partial charge < -0.3 is 14.6 Å². The van der Waals surface area contributed by atoms with E-state index in [0.29, 0.717) is 18.0 Å². The monoisotopic (exact) mass is 487 g/mol. The first-order chi connectivity index (χ1) is 15.9. The summed E-state index contributed by atoms with van der Waals surface area (Å²) in [4.78, 5) is 28.9. The molecule has 3 rings (SSSR count). The SMILES string of the molecule is Cc1cc(-n2ccnc2)ccc1CSc1nnc(C(=O)N(C)CCCCCCCC(=O)O)s1. The Morgan fingerprint density at radius 1 is 1.15 bits per heavy atom. The van der Waals surface area contributed by atoms with Gasteiger partial charge in [-0.15, -0.1) is 10.2 Å². The quantitative estimate of drug-likeness (QED) is 0.272. The van der Waals surface area contributed by atoms with Gasteiger partial charge in [0.15, 0.2) is 4.34 Å². The summed E-state index contributed by atoms with van der Waals surface area (Å²) in [7, 11) is 1.78. The molecule has 0 aliphatic rings. The summed E-state index contributed by atoms with van der Waals surface area (Å²) in [5, 5.41) is 17.3. The van der Waals surface area contributed by atoms with E-state index in [9.17, 15) is 9.59 Å². The highest BCUT2D eigenvalue weighted by Crippen LogP contribution is 2.28. The minimum Gasteiger partial charge on any atom is -0.481 e. The Bertz CT molecular complexity index is 1050. The lowest BCUT2D eigenvalue weighted by atomic mass is 10.1. The zero-order valence-electron chi connectivity index (χ0n) is 18.9. The van der Waals surface area contributed by atoms with Gasteiger partial charge in [-0.25, -0.2) is 4.98 Å². The van der Waals surface area contributed by atoms with E-state index in [1.54, 1.807) is 36.2 Å². The second-order valence-electron chi connectivity index (χ2n) is 7.88. The lowest BCUT2D eigenvalue weighted by Gasteiger charge is -2.15. The minimum atomic E-state index is -0.742. The van der Waals surface area contributed by atoms with Crippen LogP contribution in [-0.2, 0) is 10.5 Å². The summed E-state index contributed by atoms with van der Waals surface area (Å²) in [5.74, 6) is -0.0870. The molecule has 0 atom stereocenters. The number of carboxylic acid groups (broad SMARTS) is 1. The number of aromatic nitrogens is 4. The summed E-state index contributed by atoms with van der Waals surface area (Å²) in [6, 6.07) is 6.31. The number of benzene rings is 1. The molecule has 0 saturated heterocycles. The first-order valence-corrected chi connectivity index (χ1v) is 12.8. The van der Waals surface area contributed by atoms with Crippen LogP contribution in [0.15, 0.2) is 41.3 Å². The Hall–Kier alpha value is -2.72. The number of nitrogens with zero attached hydrogens (tertiary/aromatic N) is 5. The van der Waals surface area contributed by atoms with Gasteiger partial charge in [-0.3, -0.25) is 9.59 Å². The molecule has 0 aliphatic carbocycles. The van der Waals surface area contributed by atoms with Gasteiger partial charge in [0.2, 0.25) is 5.01 Å². The first kappa shape index (κ1) is 24.9. The number of aryl methyl sites for hydroxylation is 1. The van der Waals surface area contributed by atoms with Crippen LogP contribution >= 0.6 is 23.1 Å². The van der Waals surface area contributed by atoms with E-state index in [1.165, 1.54) is 22.5 Å². The van der Waals surface area contributed by atoms with Gasteiger partial charge in [0.25, 0.3) is 5.91 Å². The summed E-state index contributed by atoms with van der Waals surface area (Å²) >= 11 is 2.92. The lowest BCUT2D eigenvalue weighted by molar-refractivity contribution is -0.137. The summed E-state index contributed by atoms with van der Waals surface area (Å²) < 4.78 is 2.76. The number of hydrogen-bond acceptors (Lipinski definition) is 7. The van der Waals surface area contributed by atoms with Crippen molar-refractivity contribution in [1.29, 1.82) is 0 Å². The standard InChI is InChI=1S/C23H29N5O3S2/c1-17-14-19(28-13-11-24-16-28)10-9-18(17)15-32-23-26-25-21(33-23)22(31)27(2)12-7-5-3-4-6-8-20(29)30/h9-11,13-14,16H,3-8,12,15H2,1-2H3,(H,29,30). The number of rotatable bonds is 13. The molecule has 0 fully saturated rings. The molecule has 0 bridgehead atoms. The molecule has 33 heavy (non-hydrogen) atoms. The lowest BCUT2D eigenvalue weighted by Crippen LogP contribution is -2.27. The number of amides is 1. The number of carbonyl (C=O) groups excluding carboxylic acids is 1. The molecular weight excluding hydrogens is 458 g/mol. The topological polar surface area (TPSA) is 101 Å². The third kappa shape index (κ3) is 7.68. The Labute approximate surface area is 202 Å². The number of hydrogen-bond donors (Lipinski definition) is 1. The van der Waals surface area contributed by atoms with E-state index in [0.717, 1.165) is 41.5 Å². The Morgan fingerprint density at radius 3 is 2.67 bits per heavy atom. The summed E-state index contributed by atoms with van der Waals surface area (Å²) in [6.07, 6.45) is 10.2. The number of carboxylic acids is 1. The van der Waals surface area contributed by atoms with E-state index in [1.807, 2.05) is 10.8 Å². The van der Waals surface area contributed by atoms with Gasteiger partial charge in [0.05, 0.1) is 6.33 Å². The van der Waals surface area contributed by atoms with Crippen LogP contribution in [-0.4, -0.2) is 55.2 Å². The highest BCUT2D eigenvalue weighted by atomic mass is 32.2. The van der Waals surface area contributed by atoms with Crippen molar-refractivity contribution in [2.24, 2.45) is 0 Å². The number of carbonyl (C=O) groups is 2. The van der Waals surface area contributed by atoms with E-state index < -0.39 is 5.97 Å². The van der Waals surface area contributed by atoms with Crippen molar-refractivity contribution in [2.75, 3.05) is 13.6 Å². The third-order valence-corrected chi connectivity index (χ3v) is 7.39. The second-order valence-corrected chi connectivity index (χ2v) is 10.1. The van der Waals surface area contributed by atoms with Crippen molar-refractivity contribution < 1.29 is 14.7 Å². The molecule has 1 N–H and O–H groups in total. The first-order valence-electron chi connectivity index (χ1n) is 11.0. The molecule has 1 amide bonds. The van der Waals surface area contributed by atoms with E-state index in [4.69, 9.17) is 5.11 Å². The molecule has 0 spiro atoms. The smallest absolute Gasteiger partial charge is 0.303 e. The van der Waals surface area contributed by atoms with Crippen molar-refractivity contribution in [3.63, 3.8) is 0 Å². The summed E-state index contributed by atoms with van der Waals surface area (Å²) in [5.41, 5.74) is 3.48. The predicted molar refractivity (Wildman–Crippen MR) is 130 cm³/mol. The van der Waals surface area contributed by atoms with Crippen LogP contribution in [0, 0.1) is 6.92 Å². The molecule has 1 aromatic carbocycles. The molecule has 0 aliphatic heterocycles. The molecule has 10 heteroatoms. The molecule has 8 nitrogen and oxygen atoms in total. The average molecular weight is 488 g/mol. The maximum atomic E-state index is 12.6. The minimum absolute atomic E-state index is 0.105. The maximum Gasteiger partial charge on any atom is 0.303 e. The number of imidazole rings is 1. The molecule has 0 saturated carbocycles. The van der Waals surface area contributed by atoms with E-state index in [2.05, 4.69) is 40.3 Å². The molecule has 0 unspecified atom stereocenters. The second kappa shape index (κ2) is 12.5. The van der Waals surface area contributed by atoms with Gasteiger partial charge in [-0.05, 0) is 43.0 Å². The van der Waals surface area contributed by atoms with Crippen molar-refractivity contribution in [2.45, 2.75) is 55.5 Å². The van der Waals surface area contributed by atoms with Crippen LogP contribution in [0.3, 0.4) is 0 Å². The van der Waals surface area contributed by atoms with Crippen molar-refractivity contribution in [3.05, 3.63) is 53.1 Å². The van der Waals surface area contributed by atoms with Gasteiger partial charge >= 0.3 is 5.97 Å². The van der Waals surface area contributed by atoms with Crippen molar-refractivity contribution >= 4 is 35.0 Å². The van der Waals surface area contributed by atoms with Crippen LogP contribution in [0.5, 0.6) is 0 Å². The van der Waals surface area contributed by atoms with Crippen LogP contribution < -0.4 is 0 Å². The normalized spacial score (nSPS) is 11.0. The molecule has 0 radical (unpaired) electrons. The highest BCUT2D eigenvalue weighted by Gasteiger charge is 2.17. The Morgan fingerprint density at radius 2 is 1.94 bits per heavy atom. The Kier molecular flexibility index (Phi) is 9.44. The Balaban J connectivity index is 1.42. The highest BCUT2D eigenvalue weighted by molar-refractivity contribution is 8.00. The van der Waals surface area contributed by atoms with Crippen LogP contribution in [0.2, 0.25) is 0 Å². The van der Waals surface area contributed by atoms with Crippen LogP contribution in [0.1, 0.15) is 59.5 Å². The number of aliphatic carboxylic acids is 1. The number of thioether (sulfide) groups is 1. The molecular formula is C23H29N5O3S2. The maximum absolute atomic E-state index is 12.6. The third-order valence-electron chi connectivity index (χ3n) is 5.30. The zero-order valence-corrected chi connectivity index (χ0v) is 20.6. The largest absolute Gasteiger partial charge is 0.481 e. The van der Waals surface area contributed by atoms with Crippen molar-refractivity contribution in [1.82, 2.24) is 24.6 Å². The molecule has 176 valence electrons. The van der Waals surface area contributed by atoms with Gasteiger partial charge in [0, 0.05) is 43.8 Å². The molecule has 2 aromatic heterocycles. The average Bonchev–Trinajstić information content (AvgIpc) is 3.49. The fraction of sp³-hybridized carbons (Fsp3) is 0.435. The zero-order chi connectivity index (χ0) is 23.6. The molecule has 3 aromatic rings. The van der Waals surface area contributed by atoms with Gasteiger partial charge in [-0.1, -0.05) is 48.4 Å². The molecule has 2 heterocycles. The van der Waals surface area contributed by atoms with Crippen LogP contribution in [0.25, 0.3) is 5.69 Å². The van der Waals surface area contributed by atoms with E-state index >= 15 is 0 Å². The van der Waals surface area contributed by atoms with Crippen LogP contribution in [0.4, 0.5) is 0 Å². The van der Waals surface area contributed by atoms with Gasteiger partial charge in [-0.2, -0.15) is 0 Å². The summed E-state index contributed by atoms with van der Waals surface area (Å²) in [6.45, 7) is 2.74. The number of unbranched alkanes of at least 4 members (excludes halogenated alkanes) is 4. The van der Waals surface area contributed by atoms with E-state index in [-0.39, 0.29) is 12.3 Å². The fourth-order valence-corrected chi connectivity index (χ4v) is 5.25. The van der Waals surface area contributed by atoms with Gasteiger partial charge in [0.1, 0.15) is 0 Å². The fourth-order valence-electron chi connectivity index (χ4n) is 3.33. The van der Waals surface area contributed by atoms with Crippen molar-refractivity contribution in [3.8, 4) is 5.69 Å². The predicted octanol–water partition coefficient (Wildman–Crippen LogP) is 4.82.